The second-order valence-corrected chi connectivity index (χ2v) is 7.14. The van der Waals surface area contributed by atoms with Crippen molar-refractivity contribution in [3.05, 3.63) is 45.1 Å². The van der Waals surface area contributed by atoms with Gasteiger partial charge in [0.05, 0.1) is 10.2 Å². The quantitative estimate of drug-likeness (QED) is 0.630. The van der Waals surface area contributed by atoms with E-state index in [2.05, 4.69) is 77.9 Å². The molecule has 0 saturated heterocycles. The maximum absolute atomic E-state index is 6.22. The normalized spacial score (nSPS) is 11.4. The lowest BCUT2D eigenvalue weighted by molar-refractivity contribution is 0.647. The van der Waals surface area contributed by atoms with Crippen LogP contribution in [0.5, 0.6) is 0 Å². The number of aromatic nitrogens is 2. The lowest BCUT2D eigenvalue weighted by atomic mass is 10.0. The molecule has 0 fully saturated rings. The van der Waals surface area contributed by atoms with Gasteiger partial charge in [-0.25, -0.2) is 9.97 Å². The minimum absolute atomic E-state index is 0.291. The van der Waals surface area contributed by atoms with Crippen molar-refractivity contribution in [1.29, 1.82) is 0 Å². The molecular weight excluding hydrogens is 348 g/mol. The molecule has 1 aromatic heterocycles. The van der Waals surface area contributed by atoms with Crippen molar-refractivity contribution in [1.82, 2.24) is 9.97 Å². The average molecular weight is 368 g/mol. The third kappa shape index (κ3) is 4.04. The van der Waals surface area contributed by atoms with Crippen molar-refractivity contribution in [2.75, 3.05) is 0 Å². The molecule has 0 atom stereocenters. The fourth-order valence-electron chi connectivity index (χ4n) is 2.21. The predicted molar refractivity (Wildman–Crippen MR) is 92.8 cm³/mol. The molecule has 0 amide bonds. The van der Waals surface area contributed by atoms with Gasteiger partial charge >= 0.3 is 0 Å². The summed E-state index contributed by atoms with van der Waals surface area (Å²) >= 11 is 9.68. The van der Waals surface area contributed by atoms with Gasteiger partial charge in [0, 0.05) is 5.56 Å². The largest absolute Gasteiger partial charge is 0.232 e. The molecule has 2 nitrogen and oxygen atoms in total. The summed E-state index contributed by atoms with van der Waals surface area (Å²) in [5.41, 5.74) is 3.27. The number of hydrogen-bond donors (Lipinski definition) is 0. The van der Waals surface area contributed by atoms with E-state index in [9.17, 15) is 0 Å². The Bertz CT molecular complexity index is 621. The first-order valence-electron chi connectivity index (χ1n) is 7.20. The Hall–Kier alpha value is -0.930. The highest BCUT2D eigenvalue weighted by molar-refractivity contribution is 9.10. The van der Waals surface area contributed by atoms with Crippen LogP contribution < -0.4 is 0 Å². The van der Waals surface area contributed by atoms with Crippen molar-refractivity contribution in [2.45, 2.75) is 40.0 Å². The van der Waals surface area contributed by atoms with Gasteiger partial charge in [-0.15, -0.1) is 0 Å². The van der Waals surface area contributed by atoms with Gasteiger partial charge in [0.2, 0.25) is 0 Å². The zero-order chi connectivity index (χ0) is 15.6. The third-order valence-electron chi connectivity index (χ3n) is 3.24. The van der Waals surface area contributed by atoms with Crippen molar-refractivity contribution < 1.29 is 0 Å². The van der Waals surface area contributed by atoms with Gasteiger partial charge in [0.1, 0.15) is 5.15 Å². The Morgan fingerprint density at radius 1 is 1.05 bits per heavy atom. The summed E-state index contributed by atoms with van der Waals surface area (Å²) in [7, 11) is 0. The molecule has 0 aliphatic rings. The van der Waals surface area contributed by atoms with Crippen LogP contribution >= 0.6 is 27.5 Å². The van der Waals surface area contributed by atoms with E-state index in [0.29, 0.717) is 22.8 Å². The molecule has 1 aromatic carbocycles. The van der Waals surface area contributed by atoms with Gasteiger partial charge in [0.15, 0.2) is 5.82 Å². The number of halogens is 2. The average Bonchev–Trinajstić information content (AvgIpc) is 2.41. The first kappa shape index (κ1) is 16.4. The van der Waals surface area contributed by atoms with Gasteiger partial charge < -0.3 is 0 Å². The van der Waals surface area contributed by atoms with Gasteiger partial charge in [0.25, 0.3) is 0 Å². The zero-order valence-electron chi connectivity index (χ0n) is 12.8. The molecule has 0 saturated carbocycles. The van der Waals surface area contributed by atoms with E-state index < -0.39 is 0 Å². The lowest BCUT2D eigenvalue weighted by Gasteiger charge is -2.11. The second kappa shape index (κ2) is 6.89. The van der Waals surface area contributed by atoms with Crippen LogP contribution in [-0.2, 0) is 6.42 Å². The van der Waals surface area contributed by atoms with Crippen LogP contribution in [0.1, 0.15) is 44.9 Å². The van der Waals surface area contributed by atoms with Crippen LogP contribution in [0.4, 0.5) is 0 Å². The maximum Gasteiger partial charge on any atom is 0.161 e. The number of nitrogens with zero attached hydrogens (tertiary/aromatic N) is 2. The number of hydrogen-bond acceptors (Lipinski definition) is 2. The molecule has 2 aromatic rings. The van der Waals surface area contributed by atoms with E-state index >= 15 is 0 Å². The van der Waals surface area contributed by atoms with Crippen molar-refractivity contribution >= 4 is 27.5 Å². The molecule has 0 aliphatic heterocycles. The Balaban J connectivity index is 2.38. The van der Waals surface area contributed by atoms with Crippen LogP contribution in [0.3, 0.4) is 0 Å². The Kier molecular flexibility index (Phi) is 5.39. The van der Waals surface area contributed by atoms with Gasteiger partial charge in [-0.1, -0.05) is 63.6 Å². The summed E-state index contributed by atoms with van der Waals surface area (Å²) in [4.78, 5) is 9.04. The Morgan fingerprint density at radius 2 is 1.67 bits per heavy atom. The molecular formula is C17H20BrClN2. The summed E-state index contributed by atoms with van der Waals surface area (Å²) in [6, 6.07) is 8.43. The lowest BCUT2D eigenvalue weighted by Crippen LogP contribution is -2.00. The van der Waals surface area contributed by atoms with E-state index in [0.717, 1.165) is 22.2 Å². The van der Waals surface area contributed by atoms with Crippen molar-refractivity contribution in [3.63, 3.8) is 0 Å². The molecule has 0 unspecified atom stereocenters. The number of rotatable bonds is 4. The molecule has 0 aliphatic carbocycles. The minimum atomic E-state index is 0.291. The predicted octanol–water partition coefficient (Wildman–Crippen LogP) is 5.88. The summed E-state index contributed by atoms with van der Waals surface area (Å²) in [5, 5.41) is 0.468. The zero-order valence-corrected chi connectivity index (χ0v) is 15.2. The topological polar surface area (TPSA) is 25.8 Å². The molecule has 2 rings (SSSR count). The molecule has 0 N–H and O–H groups in total. The van der Waals surface area contributed by atoms with Gasteiger partial charge in [-0.2, -0.15) is 0 Å². The first-order valence-corrected chi connectivity index (χ1v) is 8.37. The monoisotopic (exact) mass is 366 g/mol. The van der Waals surface area contributed by atoms with E-state index in [1.165, 1.54) is 5.56 Å². The summed E-state index contributed by atoms with van der Waals surface area (Å²) in [6.07, 6.45) is 1.08. The highest BCUT2D eigenvalue weighted by atomic mass is 79.9. The van der Waals surface area contributed by atoms with Crippen LogP contribution in [0, 0.1) is 5.92 Å². The summed E-state index contributed by atoms with van der Waals surface area (Å²) in [6.45, 7) is 8.64. The van der Waals surface area contributed by atoms with Crippen LogP contribution in [0.15, 0.2) is 28.7 Å². The van der Waals surface area contributed by atoms with E-state index in [4.69, 9.17) is 11.6 Å². The molecule has 0 spiro atoms. The summed E-state index contributed by atoms with van der Waals surface area (Å²) in [5.74, 6) is 1.63. The van der Waals surface area contributed by atoms with Crippen LogP contribution in [0.2, 0.25) is 5.15 Å². The Labute approximate surface area is 140 Å². The van der Waals surface area contributed by atoms with Gasteiger partial charge in [-0.05, 0) is 39.8 Å². The molecule has 1 heterocycles. The molecule has 0 bridgehead atoms. The summed E-state index contributed by atoms with van der Waals surface area (Å²) < 4.78 is 0.791. The highest BCUT2D eigenvalue weighted by Gasteiger charge is 2.14. The van der Waals surface area contributed by atoms with Crippen molar-refractivity contribution in [3.8, 4) is 11.4 Å². The van der Waals surface area contributed by atoms with Crippen LogP contribution in [-0.4, -0.2) is 9.97 Å². The van der Waals surface area contributed by atoms with Crippen molar-refractivity contribution in [2.24, 2.45) is 5.92 Å². The molecule has 4 heteroatoms. The van der Waals surface area contributed by atoms with E-state index in [1.807, 2.05) is 0 Å². The molecule has 21 heavy (non-hydrogen) atoms. The first-order chi connectivity index (χ1) is 9.88. The fraction of sp³-hybridized carbons (Fsp3) is 0.412. The highest BCUT2D eigenvalue weighted by Crippen LogP contribution is 2.31. The molecule has 0 radical (unpaired) electrons. The molecule has 112 valence electrons. The van der Waals surface area contributed by atoms with Gasteiger partial charge in [-0.3, -0.25) is 0 Å². The smallest absolute Gasteiger partial charge is 0.161 e. The third-order valence-corrected chi connectivity index (χ3v) is 4.52. The minimum Gasteiger partial charge on any atom is -0.232 e. The standard InChI is InChI=1S/C17H20BrClN2/c1-10(2)9-12-5-7-13(8-6-12)17-20-15(11(3)4)14(18)16(19)21-17/h5-8,10-11H,9H2,1-4H3. The fourth-order valence-corrected chi connectivity index (χ4v) is 3.02. The number of benzene rings is 1. The second-order valence-electron chi connectivity index (χ2n) is 5.99. The van der Waals surface area contributed by atoms with Crippen LogP contribution in [0.25, 0.3) is 11.4 Å². The maximum atomic E-state index is 6.22. The van der Waals surface area contributed by atoms with E-state index in [-0.39, 0.29) is 0 Å². The SMILES string of the molecule is CC(C)Cc1ccc(-c2nc(Cl)c(Br)c(C(C)C)n2)cc1. The Morgan fingerprint density at radius 3 is 2.19 bits per heavy atom. The van der Waals surface area contributed by atoms with E-state index in [1.54, 1.807) is 0 Å².